The van der Waals surface area contributed by atoms with Crippen LogP contribution in [0.1, 0.15) is 21.6 Å². The molecule has 1 aliphatic rings. The van der Waals surface area contributed by atoms with Crippen molar-refractivity contribution in [3.05, 3.63) is 77.2 Å². The average molecular weight is 429 g/mol. The number of para-hydroxylation sites is 1. The van der Waals surface area contributed by atoms with Crippen molar-refractivity contribution < 1.29 is 19.0 Å². The SMILES string of the molecule is O=C(O)c1cc(/C=C/c2cc3ccccc3nc2N2CCOCC2)nc2cc(F)ccc12. The lowest BCUT2D eigenvalue weighted by Gasteiger charge is -2.29. The van der Waals surface area contributed by atoms with Gasteiger partial charge in [-0.05, 0) is 42.5 Å². The molecule has 0 amide bonds. The molecular weight excluding hydrogens is 409 g/mol. The number of anilines is 1. The Morgan fingerprint density at radius 2 is 1.81 bits per heavy atom. The Labute approximate surface area is 183 Å². The first kappa shape index (κ1) is 20.1. The highest BCUT2D eigenvalue weighted by Gasteiger charge is 2.17. The van der Waals surface area contributed by atoms with E-state index in [1.165, 1.54) is 24.3 Å². The van der Waals surface area contributed by atoms with Crippen LogP contribution in [0.2, 0.25) is 0 Å². The summed E-state index contributed by atoms with van der Waals surface area (Å²) < 4.78 is 19.2. The third-order valence-electron chi connectivity index (χ3n) is 5.50. The molecule has 1 fully saturated rings. The minimum Gasteiger partial charge on any atom is -0.478 e. The Morgan fingerprint density at radius 3 is 2.62 bits per heavy atom. The van der Waals surface area contributed by atoms with Gasteiger partial charge in [-0.3, -0.25) is 0 Å². The van der Waals surface area contributed by atoms with Crippen LogP contribution < -0.4 is 4.90 Å². The van der Waals surface area contributed by atoms with E-state index in [-0.39, 0.29) is 5.56 Å². The van der Waals surface area contributed by atoms with Gasteiger partial charge in [0.15, 0.2) is 0 Å². The average Bonchev–Trinajstić information content (AvgIpc) is 2.81. The van der Waals surface area contributed by atoms with Crippen LogP contribution in [-0.4, -0.2) is 47.3 Å². The number of aromatic nitrogens is 2. The number of carboxylic acids is 1. The van der Waals surface area contributed by atoms with Gasteiger partial charge in [-0.25, -0.2) is 19.2 Å². The first-order chi connectivity index (χ1) is 15.6. The van der Waals surface area contributed by atoms with Crippen LogP contribution in [0.5, 0.6) is 0 Å². The lowest BCUT2D eigenvalue weighted by Crippen LogP contribution is -2.37. The molecule has 1 saturated heterocycles. The van der Waals surface area contributed by atoms with Gasteiger partial charge in [0.2, 0.25) is 0 Å². The van der Waals surface area contributed by atoms with Crippen LogP contribution in [0, 0.1) is 5.82 Å². The number of hydrogen-bond donors (Lipinski definition) is 1. The number of pyridine rings is 2. The summed E-state index contributed by atoms with van der Waals surface area (Å²) in [5.41, 5.74) is 2.61. The zero-order chi connectivity index (χ0) is 22.1. The van der Waals surface area contributed by atoms with E-state index in [2.05, 4.69) is 16.0 Å². The fraction of sp³-hybridized carbons (Fsp3) is 0.160. The van der Waals surface area contributed by atoms with Gasteiger partial charge < -0.3 is 14.7 Å². The van der Waals surface area contributed by atoms with E-state index in [1.807, 2.05) is 30.3 Å². The predicted molar refractivity (Wildman–Crippen MR) is 122 cm³/mol. The minimum atomic E-state index is -1.08. The van der Waals surface area contributed by atoms with Crippen molar-refractivity contribution in [2.75, 3.05) is 31.2 Å². The van der Waals surface area contributed by atoms with Crippen molar-refractivity contribution in [2.24, 2.45) is 0 Å². The Hall–Kier alpha value is -3.84. The summed E-state index contributed by atoms with van der Waals surface area (Å²) in [6.07, 6.45) is 3.62. The molecule has 2 aromatic heterocycles. The number of halogens is 1. The summed E-state index contributed by atoms with van der Waals surface area (Å²) in [5.74, 6) is -0.704. The predicted octanol–water partition coefficient (Wildman–Crippen LogP) is 4.63. The molecule has 4 aromatic rings. The van der Waals surface area contributed by atoms with E-state index < -0.39 is 11.8 Å². The molecule has 0 bridgehead atoms. The molecule has 3 heterocycles. The van der Waals surface area contributed by atoms with E-state index >= 15 is 0 Å². The maximum Gasteiger partial charge on any atom is 0.336 e. The van der Waals surface area contributed by atoms with Gasteiger partial charge >= 0.3 is 5.97 Å². The molecule has 2 aromatic carbocycles. The summed E-state index contributed by atoms with van der Waals surface area (Å²) in [5, 5.41) is 11.0. The highest BCUT2D eigenvalue weighted by Crippen LogP contribution is 2.27. The zero-order valence-electron chi connectivity index (χ0n) is 17.2. The number of rotatable bonds is 4. The quantitative estimate of drug-likeness (QED) is 0.510. The van der Waals surface area contributed by atoms with Crippen molar-refractivity contribution in [2.45, 2.75) is 0 Å². The molecule has 0 atom stereocenters. The topological polar surface area (TPSA) is 75.5 Å². The van der Waals surface area contributed by atoms with Crippen molar-refractivity contribution in [1.82, 2.24) is 9.97 Å². The highest BCUT2D eigenvalue weighted by atomic mass is 19.1. The smallest absolute Gasteiger partial charge is 0.336 e. The molecule has 0 saturated carbocycles. The second-order valence-electron chi connectivity index (χ2n) is 7.59. The van der Waals surface area contributed by atoms with Crippen LogP contribution in [0.3, 0.4) is 0 Å². The second kappa shape index (κ2) is 8.36. The normalized spacial score (nSPS) is 14.5. The Morgan fingerprint density at radius 1 is 1.00 bits per heavy atom. The van der Waals surface area contributed by atoms with E-state index in [1.54, 1.807) is 6.08 Å². The number of carbonyl (C=O) groups is 1. The molecule has 0 radical (unpaired) electrons. The molecule has 0 aliphatic carbocycles. The number of ether oxygens (including phenoxy) is 1. The fourth-order valence-electron chi connectivity index (χ4n) is 3.93. The summed E-state index contributed by atoms with van der Waals surface area (Å²) in [6.45, 7) is 2.75. The van der Waals surface area contributed by atoms with Crippen LogP contribution in [0.4, 0.5) is 10.2 Å². The van der Waals surface area contributed by atoms with Crippen molar-refractivity contribution in [3.8, 4) is 0 Å². The zero-order valence-corrected chi connectivity index (χ0v) is 17.2. The second-order valence-corrected chi connectivity index (χ2v) is 7.59. The highest BCUT2D eigenvalue weighted by molar-refractivity contribution is 6.03. The summed E-state index contributed by atoms with van der Waals surface area (Å²) >= 11 is 0. The molecular formula is C25H20FN3O3. The van der Waals surface area contributed by atoms with E-state index in [4.69, 9.17) is 9.72 Å². The van der Waals surface area contributed by atoms with E-state index in [9.17, 15) is 14.3 Å². The first-order valence-electron chi connectivity index (χ1n) is 10.3. The van der Waals surface area contributed by atoms with Crippen LogP contribution in [0.15, 0.2) is 54.6 Å². The van der Waals surface area contributed by atoms with E-state index in [0.717, 1.165) is 35.4 Å². The number of hydrogen-bond acceptors (Lipinski definition) is 5. The van der Waals surface area contributed by atoms with Crippen molar-refractivity contribution in [3.63, 3.8) is 0 Å². The summed E-state index contributed by atoms with van der Waals surface area (Å²) in [6, 6.07) is 15.4. The third kappa shape index (κ3) is 3.90. The third-order valence-corrected chi connectivity index (χ3v) is 5.50. The number of morpholine rings is 1. The monoisotopic (exact) mass is 429 g/mol. The number of carboxylic acid groups (broad SMARTS) is 1. The number of aromatic carboxylic acids is 1. The summed E-state index contributed by atoms with van der Waals surface area (Å²) in [4.78, 5) is 23.3. The van der Waals surface area contributed by atoms with Gasteiger partial charge in [-0.15, -0.1) is 0 Å². The minimum absolute atomic E-state index is 0.0830. The van der Waals surface area contributed by atoms with Gasteiger partial charge in [0.1, 0.15) is 11.6 Å². The maximum atomic E-state index is 13.7. The summed E-state index contributed by atoms with van der Waals surface area (Å²) in [7, 11) is 0. The lowest BCUT2D eigenvalue weighted by molar-refractivity contribution is 0.0699. The Kier molecular flexibility index (Phi) is 5.25. The van der Waals surface area contributed by atoms with Gasteiger partial charge in [-0.1, -0.05) is 18.2 Å². The maximum absolute atomic E-state index is 13.7. The molecule has 1 aliphatic heterocycles. The standard InChI is InChI=1S/C25H20FN3O3/c26-18-6-8-20-21(25(30)31)15-19(27-23(20)14-18)7-5-17-13-16-3-1-2-4-22(16)28-24(17)29-9-11-32-12-10-29/h1-8,13-15H,9-12H2,(H,30,31)/b7-5+. The molecule has 6 nitrogen and oxygen atoms in total. The number of nitrogens with zero attached hydrogens (tertiary/aromatic N) is 3. The van der Waals surface area contributed by atoms with Crippen molar-refractivity contribution >= 4 is 45.7 Å². The Balaban J connectivity index is 1.61. The molecule has 32 heavy (non-hydrogen) atoms. The number of fused-ring (bicyclic) bond motifs is 2. The molecule has 7 heteroatoms. The van der Waals surface area contributed by atoms with Crippen LogP contribution in [0.25, 0.3) is 34.0 Å². The largest absolute Gasteiger partial charge is 0.478 e. The van der Waals surface area contributed by atoms with Crippen LogP contribution >= 0.6 is 0 Å². The Bertz CT molecular complexity index is 1360. The number of benzene rings is 2. The molecule has 160 valence electrons. The fourth-order valence-corrected chi connectivity index (χ4v) is 3.93. The lowest BCUT2D eigenvalue weighted by atomic mass is 10.1. The van der Waals surface area contributed by atoms with Crippen LogP contribution in [-0.2, 0) is 4.74 Å². The molecule has 0 unspecified atom stereocenters. The molecule has 0 spiro atoms. The van der Waals surface area contributed by atoms with Gasteiger partial charge in [0.25, 0.3) is 0 Å². The van der Waals surface area contributed by atoms with Gasteiger partial charge in [0.05, 0.1) is 35.5 Å². The van der Waals surface area contributed by atoms with E-state index in [0.29, 0.717) is 29.8 Å². The molecule has 1 N–H and O–H groups in total. The first-order valence-corrected chi connectivity index (χ1v) is 10.3. The van der Waals surface area contributed by atoms with Gasteiger partial charge in [0, 0.05) is 35.5 Å². The molecule has 5 rings (SSSR count). The van der Waals surface area contributed by atoms with Crippen molar-refractivity contribution in [1.29, 1.82) is 0 Å². The van der Waals surface area contributed by atoms with Gasteiger partial charge in [-0.2, -0.15) is 0 Å².